The van der Waals surface area contributed by atoms with Crippen LogP contribution in [-0.2, 0) is 6.54 Å². The number of anilines is 2. The molecule has 0 atom stereocenters. The predicted octanol–water partition coefficient (Wildman–Crippen LogP) is 1.22. The molecule has 0 spiro atoms. The summed E-state index contributed by atoms with van der Waals surface area (Å²) < 4.78 is 1.44. The van der Waals surface area contributed by atoms with E-state index in [1.54, 1.807) is 17.8 Å². The lowest BCUT2D eigenvalue weighted by atomic mass is 10.3. The summed E-state index contributed by atoms with van der Waals surface area (Å²) in [7, 11) is 0. The van der Waals surface area contributed by atoms with Crippen LogP contribution in [0.3, 0.4) is 0 Å². The number of hydrogen-bond acceptors (Lipinski definition) is 7. The lowest BCUT2D eigenvalue weighted by molar-refractivity contribution is -0.389. The van der Waals surface area contributed by atoms with Crippen LogP contribution in [0.5, 0.6) is 0 Å². The van der Waals surface area contributed by atoms with E-state index in [-0.39, 0.29) is 11.6 Å². The highest BCUT2D eigenvalue weighted by Gasteiger charge is 2.23. The summed E-state index contributed by atoms with van der Waals surface area (Å²) >= 11 is 1.33. The summed E-state index contributed by atoms with van der Waals surface area (Å²) in [5.74, 6) is 0.562. The van der Waals surface area contributed by atoms with Gasteiger partial charge in [-0.2, -0.15) is 14.5 Å². The molecule has 10 heteroatoms. The Hall–Kier alpha value is -2.62. The van der Waals surface area contributed by atoms with Crippen LogP contribution >= 0.6 is 11.3 Å². The standard InChI is InChI=1S/C9H9N7O2S/c10-6-5(4-12-14-6)3-11-7-8(16(17)18)15-1-2-19-9(15)13-7/h1-2,4,11H,3H2,(H3,10,12,14). The van der Waals surface area contributed by atoms with Crippen LogP contribution in [0.25, 0.3) is 4.96 Å². The monoisotopic (exact) mass is 279 g/mol. The van der Waals surface area contributed by atoms with Gasteiger partial charge in [0.15, 0.2) is 0 Å². The quantitative estimate of drug-likeness (QED) is 0.486. The normalized spacial score (nSPS) is 10.9. The molecule has 0 aromatic carbocycles. The number of nitrogens with zero attached hydrogens (tertiary/aromatic N) is 4. The minimum atomic E-state index is -0.465. The number of fused-ring (bicyclic) bond motifs is 1. The average Bonchev–Trinajstić information content (AvgIpc) is 3.00. The second-order valence-corrected chi connectivity index (χ2v) is 4.63. The highest BCUT2D eigenvalue weighted by molar-refractivity contribution is 7.15. The molecule has 0 aliphatic carbocycles. The lowest BCUT2D eigenvalue weighted by Crippen LogP contribution is -2.04. The van der Waals surface area contributed by atoms with Crippen molar-refractivity contribution in [3.05, 3.63) is 33.5 Å². The Balaban J connectivity index is 1.92. The highest BCUT2D eigenvalue weighted by Crippen LogP contribution is 2.28. The fourth-order valence-electron chi connectivity index (χ4n) is 1.71. The van der Waals surface area contributed by atoms with Gasteiger partial charge in [0, 0.05) is 17.5 Å². The third-order valence-electron chi connectivity index (χ3n) is 2.61. The van der Waals surface area contributed by atoms with Gasteiger partial charge in [-0.25, -0.2) is 0 Å². The maximum absolute atomic E-state index is 11.1. The number of hydrogen-bond donors (Lipinski definition) is 3. The van der Waals surface area contributed by atoms with E-state index in [0.717, 1.165) is 5.56 Å². The smallest absolute Gasteiger partial charge is 0.372 e. The van der Waals surface area contributed by atoms with E-state index in [9.17, 15) is 10.1 Å². The van der Waals surface area contributed by atoms with Crippen LogP contribution in [0.4, 0.5) is 17.5 Å². The average molecular weight is 279 g/mol. The van der Waals surface area contributed by atoms with E-state index in [4.69, 9.17) is 5.73 Å². The van der Waals surface area contributed by atoms with Crippen molar-refractivity contribution in [1.82, 2.24) is 19.6 Å². The number of aromatic amines is 1. The molecule has 0 bridgehead atoms. The van der Waals surface area contributed by atoms with Crippen LogP contribution in [-0.4, -0.2) is 24.5 Å². The molecule has 98 valence electrons. The molecule has 0 radical (unpaired) electrons. The van der Waals surface area contributed by atoms with Gasteiger partial charge in [0.2, 0.25) is 5.82 Å². The van der Waals surface area contributed by atoms with Gasteiger partial charge in [-0.3, -0.25) is 5.10 Å². The number of H-pyrrole nitrogens is 1. The van der Waals surface area contributed by atoms with Gasteiger partial charge in [0.25, 0.3) is 4.96 Å². The summed E-state index contributed by atoms with van der Waals surface area (Å²) in [6.45, 7) is 0.313. The van der Waals surface area contributed by atoms with E-state index in [1.165, 1.54) is 15.7 Å². The van der Waals surface area contributed by atoms with E-state index < -0.39 is 4.92 Å². The summed E-state index contributed by atoms with van der Waals surface area (Å²) in [5, 5.41) is 22.1. The molecule has 0 fully saturated rings. The zero-order chi connectivity index (χ0) is 13.4. The largest absolute Gasteiger partial charge is 0.384 e. The maximum Gasteiger partial charge on any atom is 0.372 e. The topological polar surface area (TPSA) is 127 Å². The third kappa shape index (κ3) is 1.87. The number of rotatable bonds is 4. The summed E-state index contributed by atoms with van der Waals surface area (Å²) in [4.78, 5) is 15.4. The molecule has 9 nitrogen and oxygen atoms in total. The first-order valence-corrected chi connectivity index (χ1v) is 6.16. The molecule has 3 rings (SSSR count). The molecule has 0 amide bonds. The van der Waals surface area contributed by atoms with Crippen LogP contribution in [0.2, 0.25) is 0 Å². The van der Waals surface area contributed by atoms with E-state index >= 15 is 0 Å². The van der Waals surface area contributed by atoms with Gasteiger partial charge in [-0.05, 0) is 4.92 Å². The van der Waals surface area contributed by atoms with Gasteiger partial charge in [0.1, 0.15) is 12.0 Å². The molecule has 3 heterocycles. The molecule has 0 aliphatic heterocycles. The fraction of sp³-hybridized carbons (Fsp3) is 0.111. The van der Waals surface area contributed by atoms with Gasteiger partial charge in [-0.15, -0.1) is 0 Å². The Morgan fingerprint density at radius 1 is 1.63 bits per heavy atom. The Morgan fingerprint density at radius 2 is 2.47 bits per heavy atom. The molecular formula is C9H9N7O2S. The van der Waals surface area contributed by atoms with Crippen LogP contribution in [0.15, 0.2) is 17.8 Å². The zero-order valence-electron chi connectivity index (χ0n) is 9.53. The Labute approximate surface area is 110 Å². The first-order valence-electron chi connectivity index (χ1n) is 5.28. The Kier molecular flexibility index (Phi) is 2.56. The van der Waals surface area contributed by atoms with Crippen molar-refractivity contribution in [2.75, 3.05) is 11.1 Å². The van der Waals surface area contributed by atoms with Gasteiger partial charge in [0.05, 0.1) is 6.20 Å². The third-order valence-corrected chi connectivity index (χ3v) is 3.36. The second kappa shape index (κ2) is 4.24. The minimum Gasteiger partial charge on any atom is -0.384 e. The SMILES string of the molecule is Nc1[nH]ncc1CNc1nc2sccn2c1[N+](=O)[O-]. The van der Waals surface area contributed by atoms with Gasteiger partial charge in [-0.1, -0.05) is 11.3 Å². The van der Waals surface area contributed by atoms with Crippen molar-refractivity contribution >= 4 is 33.8 Å². The summed E-state index contributed by atoms with van der Waals surface area (Å²) in [5.41, 5.74) is 6.37. The molecular weight excluding hydrogens is 270 g/mol. The predicted molar refractivity (Wildman–Crippen MR) is 70.1 cm³/mol. The van der Waals surface area contributed by atoms with Crippen molar-refractivity contribution in [3.8, 4) is 0 Å². The molecule has 0 aliphatic rings. The number of nitrogens with two attached hydrogens (primary N) is 1. The van der Waals surface area contributed by atoms with Gasteiger partial charge < -0.3 is 21.2 Å². The van der Waals surface area contributed by atoms with Crippen molar-refractivity contribution in [2.24, 2.45) is 0 Å². The highest BCUT2D eigenvalue weighted by atomic mass is 32.1. The summed E-state index contributed by atoms with van der Waals surface area (Å²) in [6, 6.07) is 0. The van der Waals surface area contributed by atoms with Crippen LogP contribution in [0, 0.1) is 10.1 Å². The molecule has 0 unspecified atom stereocenters. The maximum atomic E-state index is 11.1. The van der Waals surface area contributed by atoms with Crippen molar-refractivity contribution < 1.29 is 4.92 Å². The first kappa shape index (κ1) is 11.5. The zero-order valence-corrected chi connectivity index (χ0v) is 10.3. The number of imidazole rings is 1. The second-order valence-electron chi connectivity index (χ2n) is 3.76. The van der Waals surface area contributed by atoms with Crippen molar-refractivity contribution in [3.63, 3.8) is 0 Å². The number of nitrogens with one attached hydrogen (secondary N) is 2. The molecule has 3 aromatic heterocycles. The van der Waals surface area contributed by atoms with Gasteiger partial charge >= 0.3 is 5.82 Å². The number of nitro groups is 1. The minimum absolute atomic E-state index is 0.0849. The van der Waals surface area contributed by atoms with Crippen LogP contribution in [0.1, 0.15) is 5.56 Å². The van der Waals surface area contributed by atoms with E-state index in [1.807, 2.05) is 0 Å². The van der Waals surface area contributed by atoms with E-state index in [0.29, 0.717) is 17.3 Å². The fourth-order valence-corrected chi connectivity index (χ4v) is 2.42. The Bertz CT molecular complexity index is 743. The number of aromatic nitrogens is 4. The lowest BCUT2D eigenvalue weighted by Gasteiger charge is -2.02. The molecule has 19 heavy (non-hydrogen) atoms. The van der Waals surface area contributed by atoms with Crippen LogP contribution < -0.4 is 11.1 Å². The number of thiazole rings is 1. The molecule has 0 saturated heterocycles. The Morgan fingerprint density at radius 3 is 3.16 bits per heavy atom. The van der Waals surface area contributed by atoms with Crippen molar-refractivity contribution in [2.45, 2.75) is 6.54 Å². The molecule has 3 aromatic rings. The van der Waals surface area contributed by atoms with Crippen molar-refractivity contribution in [1.29, 1.82) is 0 Å². The van der Waals surface area contributed by atoms with E-state index in [2.05, 4.69) is 20.5 Å². The molecule has 4 N–H and O–H groups in total. The first-order chi connectivity index (χ1) is 9.16. The summed E-state index contributed by atoms with van der Waals surface area (Å²) in [6.07, 6.45) is 3.18. The molecule has 0 saturated carbocycles. The number of nitrogen functional groups attached to an aromatic ring is 1.